The molecule has 0 radical (unpaired) electrons. The van der Waals surface area contributed by atoms with Gasteiger partial charge in [-0.15, -0.1) is 11.8 Å². The van der Waals surface area contributed by atoms with Gasteiger partial charge in [-0.2, -0.15) is 0 Å². The Morgan fingerprint density at radius 1 is 1.23 bits per heavy atom. The fourth-order valence-corrected chi connectivity index (χ4v) is 4.52. The molecule has 3 aromatic rings. The lowest BCUT2D eigenvalue weighted by Crippen LogP contribution is -2.31. The third kappa shape index (κ3) is 3.07. The average molecular weight is 366 g/mol. The van der Waals surface area contributed by atoms with Gasteiger partial charge in [0.25, 0.3) is 5.91 Å². The first-order chi connectivity index (χ1) is 12.5. The molecule has 0 aliphatic carbocycles. The second-order valence-corrected chi connectivity index (χ2v) is 7.74. The molecule has 0 bridgehead atoms. The summed E-state index contributed by atoms with van der Waals surface area (Å²) in [6, 6.07) is 12.8. The molecule has 1 N–H and O–H groups in total. The number of pyridine rings is 1. The van der Waals surface area contributed by atoms with E-state index in [-0.39, 0.29) is 17.8 Å². The highest BCUT2D eigenvalue weighted by Gasteiger charge is 2.25. The smallest absolute Gasteiger partial charge is 0.253 e. The predicted molar refractivity (Wildman–Crippen MR) is 103 cm³/mol. The molecule has 0 spiro atoms. The molecule has 0 unspecified atom stereocenters. The lowest BCUT2D eigenvalue weighted by molar-refractivity contribution is 0.0934. The van der Waals surface area contributed by atoms with E-state index in [1.165, 1.54) is 17.8 Å². The molecule has 2 heterocycles. The van der Waals surface area contributed by atoms with Crippen LogP contribution in [0.3, 0.4) is 0 Å². The van der Waals surface area contributed by atoms with E-state index in [4.69, 9.17) is 0 Å². The molecular weight excluding hydrogens is 347 g/mol. The summed E-state index contributed by atoms with van der Waals surface area (Å²) in [5.74, 6) is 0.405. The second kappa shape index (κ2) is 6.72. The number of benzene rings is 2. The monoisotopic (exact) mass is 366 g/mol. The van der Waals surface area contributed by atoms with Crippen LogP contribution in [-0.4, -0.2) is 16.6 Å². The van der Waals surface area contributed by atoms with E-state index < -0.39 is 0 Å². The molecule has 2 aromatic carbocycles. The number of nitrogens with zero attached hydrogens (tertiary/aromatic N) is 1. The lowest BCUT2D eigenvalue weighted by Gasteiger charge is -2.26. The van der Waals surface area contributed by atoms with Crippen LogP contribution in [0.2, 0.25) is 0 Å². The van der Waals surface area contributed by atoms with Crippen LogP contribution < -0.4 is 5.32 Å². The quantitative estimate of drug-likeness (QED) is 0.697. The van der Waals surface area contributed by atoms with Gasteiger partial charge in [-0.05, 0) is 49.6 Å². The minimum Gasteiger partial charge on any atom is -0.345 e. The third-order valence-corrected chi connectivity index (χ3v) is 5.90. The highest BCUT2D eigenvalue weighted by atomic mass is 32.2. The molecule has 26 heavy (non-hydrogen) atoms. The van der Waals surface area contributed by atoms with Gasteiger partial charge in [0.1, 0.15) is 5.82 Å². The van der Waals surface area contributed by atoms with Crippen molar-refractivity contribution in [1.29, 1.82) is 0 Å². The Labute approximate surface area is 156 Å². The summed E-state index contributed by atoms with van der Waals surface area (Å²) in [7, 11) is 0. The van der Waals surface area contributed by atoms with E-state index in [0.717, 1.165) is 34.2 Å². The molecular formula is C21H19FN2OS. The summed E-state index contributed by atoms with van der Waals surface area (Å²) in [6.07, 6.45) is 0.784. The zero-order chi connectivity index (χ0) is 18.3. The summed E-state index contributed by atoms with van der Waals surface area (Å²) in [5.41, 5.74) is 4.15. The number of thioether (sulfide) groups is 1. The first-order valence-corrected chi connectivity index (χ1v) is 9.61. The average Bonchev–Trinajstić information content (AvgIpc) is 2.62. The Balaban J connectivity index is 1.66. The maximum Gasteiger partial charge on any atom is 0.253 e. The van der Waals surface area contributed by atoms with Gasteiger partial charge < -0.3 is 5.32 Å². The first-order valence-electron chi connectivity index (χ1n) is 8.63. The van der Waals surface area contributed by atoms with Crippen molar-refractivity contribution >= 4 is 28.6 Å². The van der Waals surface area contributed by atoms with Crippen molar-refractivity contribution in [3.05, 3.63) is 70.7 Å². The summed E-state index contributed by atoms with van der Waals surface area (Å²) in [5, 5.41) is 4.02. The molecule has 132 valence electrons. The normalized spacial score (nSPS) is 16.3. The van der Waals surface area contributed by atoms with Crippen LogP contribution in [0, 0.1) is 19.7 Å². The summed E-state index contributed by atoms with van der Waals surface area (Å²) < 4.78 is 14.0. The van der Waals surface area contributed by atoms with Crippen LogP contribution in [0.5, 0.6) is 0 Å². The van der Waals surface area contributed by atoms with Crippen LogP contribution in [0.1, 0.15) is 39.6 Å². The van der Waals surface area contributed by atoms with Gasteiger partial charge in [-0.1, -0.05) is 24.3 Å². The first kappa shape index (κ1) is 17.0. The number of amides is 1. The van der Waals surface area contributed by atoms with Crippen molar-refractivity contribution in [2.75, 3.05) is 5.75 Å². The zero-order valence-corrected chi connectivity index (χ0v) is 15.5. The zero-order valence-electron chi connectivity index (χ0n) is 14.7. The fraction of sp³-hybridized carbons (Fsp3) is 0.238. The maximum absolute atomic E-state index is 14.0. The number of aromatic nitrogens is 1. The van der Waals surface area contributed by atoms with Gasteiger partial charge in [-0.3, -0.25) is 9.78 Å². The maximum atomic E-state index is 14.0. The van der Waals surface area contributed by atoms with Gasteiger partial charge in [0.15, 0.2) is 0 Å². The minimum absolute atomic E-state index is 0.162. The van der Waals surface area contributed by atoms with Gasteiger partial charge in [0.05, 0.1) is 22.8 Å². The van der Waals surface area contributed by atoms with Crippen LogP contribution in [0.4, 0.5) is 4.39 Å². The molecule has 0 saturated carbocycles. The van der Waals surface area contributed by atoms with E-state index in [9.17, 15) is 9.18 Å². The lowest BCUT2D eigenvalue weighted by atomic mass is 10.0. The topological polar surface area (TPSA) is 42.0 Å². The van der Waals surface area contributed by atoms with E-state index in [1.807, 2.05) is 44.2 Å². The number of hydrogen-bond acceptors (Lipinski definition) is 3. The Bertz CT molecular complexity index is 1020. The van der Waals surface area contributed by atoms with Crippen molar-refractivity contribution in [3.8, 4) is 0 Å². The standard InChI is InChI=1S/C21H19FN2OS/c1-12-6-7-14-11-16(13(2)23-19(14)10-12)21(25)24-18-8-9-26-20-15(18)4-3-5-17(20)22/h3-7,10-11,18H,8-9H2,1-2H3,(H,24,25)/t18-/m0/s1. The number of nitrogens with one attached hydrogen (secondary N) is 1. The number of rotatable bonds is 2. The molecule has 5 heteroatoms. The molecule has 0 fully saturated rings. The summed E-state index contributed by atoms with van der Waals surface area (Å²) in [4.78, 5) is 18.1. The Morgan fingerprint density at radius 2 is 2.08 bits per heavy atom. The number of aryl methyl sites for hydroxylation is 2. The molecule has 1 atom stereocenters. The molecule has 3 nitrogen and oxygen atoms in total. The molecule has 1 aliphatic heterocycles. The van der Waals surface area contributed by atoms with E-state index in [0.29, 0.717) is 16.2 Å². The minimum atomic E-state index is -0.217. The van der Waals surface area contributed by atoms with Gasteiger partial charge in [-0.25, -0.2) is 4.39 Å². The van der Waals surface area contributed by atoms with Crippen molar-refractivity contribution in [2.24, 2.45) is 0 Å². The molecule has 1 aliphatic rings. The summed E-state index contributed by atoms with van der Waals surface area (Å²) in [6.45, 7) is 3.87. The Hall–Kier alpha value is -2.40. The molecule has 4 rings (SSSR count). The third-order valence-electron chi connectivity index (χ3n) is 4.74. The van der Waals surface area contributed by atoms with E-state index in [2.05, 4.69) is 10.3 Å². The van der Waals surface area contributed by atoms with Crippen molar-refractivity contribution in [2.45, 2.75) is 31.2 Å². The van der Waals surface area contributed by atoms with Crippen molar-refractivity contribution in [3.63, 3.8) is 0 Å². The largest absolute Gasteiger partial charge is 0.345 e. The van der Waals surface area contributed by atoms with Gasteiger partial charge in [0, 0.05) is 16.0 Å². The van der Waals surface area contributed by atoms with Gasteiger partial charge >= 0.3 is 0 Å². The Morgan fingerprint density at radius 3 is 2.92 bits per heavy atom. The number of carbonyl (C=O) groups excluding carboxylic acids is 1. The molecule has 1 amide bonds. The highest BCUT2D eigenvalue weighted by molar-refractivity contribution is 7.99. The Kier molecular flexibility index (Phi) is 4.41. The number of fused-ring (bicyclic) bond motifs is 2. The van der Waals surface area contributed by atoms with Crippen LogP contribution in [0.15, 0.2) is 47.4 Å². The van der Waals surface area contributed by atoms with Crippen LogP contribution in [0.25, 0.3) is 10.9 Å². The van der Waals surface area contributed by atoms with E-state index >= 15 is 0 Å². The number of halogens is 1. The molecule has 1 aromatic heterocycles. The van der Waals surface area contributed by atoms with Crippen molar-refractivity contribution in [1.82, 2.24) is 10.3 Å². The number of carbonyl (C=O) groups is 1. The van der Waals surface area contributed by atoms with E-state index in [1.54, 1.807) is 6.07 Å². The van der Waals surface area contributed by atoms with Crippen LogP contribution in [-0.2, 0) is 0 Å². The fourth-order valence-electron chi connectivity index (χ4n) is 3.38. The SMILES string of the molecule is Cc1ccc2cc(C(=O)N[C@H]3CCSc4c(F)cccc43)c(C)nc2c1. The highest BCUT2D eigenvalue weighted by Crippen LogP contribution is 2.37. The summed E-state index contributed by atoms with van der Waals surface area (Å²) >= 11 is 1.51. The molecule has 0 saturated heterocycles. The second-order valence-electron chi connectivity index (χ2n) is 6.64. The van der Waals surface area contributed by atoms with Gasteiger partial charge in [0.2, 0.25) is 0 Å². The van der Waals surface area contributed by atoms with Crippen LogP contribution >= 0.6 is 11.8 Å². The number of hydrogen-bond donors (Lipinski definition) is 1. The van der Waals surface area contributed by atoms with Crippen molar-refractivity contribution < 1.29 is 9.18 Å². The predicted octanol–water partition coefficient (Wildman–Crippen LogP) is 4.96.